The van der Waals surface area contributed by atoms with E-state index in [0.717, 1.165) is 11.5 Å². The number of fused-ring (bicyclic) bond motifs is 1. The second-order valence-corrected chi connectivity index (χ2v) is 3.87. The molecule has 0 saturated carbocycles. The lowest BCUT2D eigenvalue weighted by molar-refractivity contribution is 0.391. The summed E-state index contributed by atoms with van der Waals surface area (Å²) in [6.07, 6.45) is 1.27. The van der Waals surface area contributed by atoms with Gasteiger partial charge in [0.25, 0.3) is 0 Å². The fourth-order valence-corrected chi connectivity index (χ4v) is 1.60. The third-order valence-electron chi connectivity index (χ3n) is 2.40. The van der Waals surface area contributed by atoms with E-state index in [-0.39, 0.29) is 5.82 Å². The number of nitrogens with zero attached hydrogens (tertiary/aromatic N) is 4. The Hall–Kier alpha value is -2.44. The van der Waals surface area contributed by atoms with E-state index in [1.165, 1.54) is 16.8 Å². The molecule has 0 radical (unpaired) electrons. The fourth-order valence-electron chi connectivity index (χ4n) is 1.60. The molecule has 7 heteroatoms. The molecule has 18 heavy (non-hydrogen) atoms. The van der Waals surface area contributed by atoms with E-state index in [1.54, 1.807) is 6.07 Å². The van der Waals surface area contributed by atoms with Gasteiger partial charge in [0, 0.05) is 6.07 Å². The van der Waals surface area contributed by atoms with E-state index in [2.05, 4.69) is 20.6 Å². The second-order valence-electron chi connectivity index (χ2n) is 3.87. The Kier molecular flexibility index (Phi) is 2.44. The minimum Gasteiger partial charge on any atom is -0.361 e. The van der Waals surface area contributed by atoms with Crippen molar-refractivity contribution in [3.63, 3.8) is 0 Å². The Morgan fingerprint density at radius 1 is 1.44 bits per heavy atom. The van der Waals surface area contributed by atoms with Crippen molar-refractivity contribution in [2.24, 2.45) is 0 Å². The molecule has 3 aromatic rings. The molecule has 0 spiro atoms. The largest absolute Gasteiger partial charge is 0.361 e. The molecule has 0 bridgehead atoms. The maximum Gasteiger partial charge on any atom is 0.243 e. The zero-order valence-electron chi connectivity index (χ0n) is 9.59. The van der Waals surface area contributed by atoms with Crippen molar-refractivity contribution in [2.75, 3.05) is 5.32 Å². The highest BCUT2D eigenvalue weighted by Gasteiger charge is 2.05. The maximum absolute atomic E-state index is 13.0. The molecule has 0 amide bonds. The molecule has 92 valence electrons. The molecule has 3 heterocycles. The second kappa shape index (κ2) is 4.10. The van der Waals surface area contributed by atoms with Gasteiger partial charge in [-0.05, 0) is 19.1 Å². The van der Waals surface area contributed by atoms with Crippen molar-refractivity contribution in [2.45, 2.75) is 13.5 Å². The number of pyridine rings is 1. The Bertz CT molecular complexity index is 690. The highest BCUT2D eigenvalue weighted by molar-refractivity contribution is 5.43. The Balaban J connectivity index is 1.78. The summed E-state index contributed by atoms with van der Waals surface area (Å²) in [4.78, 5) is 4.19. The zero-order valence-corrected chi connectivity index (χ0v) is 9.59. The summed E-state index contributed by atoms with van der Waals surface area (Å²) >= 11 is 0. The predicted molar refractivity (Wildman–Crippen MR) is 61.5 cm³/mol. The summed E-state index contributed by atoms with van der Waals surface area (Å²) in [5.41, 5.74) is 1.34. The van der Waals surface area contributed by atoms with Gasteiger partial charge in [-0.15, -0.1) is 5.10 Å². The van der Waals surface area contributed by atoms with Gasteiger partial charge >= 0.3 is 0 Å². The minimum absolute atomic E-state index is 0.355. The smallest absolute Gasteiger partial charge is 0.243 e. The van der Waals surface area contributed by atoms with Gasteiger partial charge in [-0.2, -0.15) is 4.98 Å². The van der Waals surface area contributed by atoms with Crippen LogP contribution in [0.2, 0.25) is 0 Å². The van der Waals surface area contributed by atoms with Crippen LogP contribution in [0.15, 0.2) is 28.9 Å². The lowest BCUT2D eigenvalue weighted by Crippen LogP contribution is -2.01. The average Bonchev–Trinajstić information content (AvgIpc) is 2.92. The van der Waals surface area contributed by atoms with Gasteiger partial charge in [0.2, 0.25) is 5.95 Å². The topological polar surface area (TPSA) is 68.2 Å². The molecule has 3 aromatic heterocycles. The number of hydrogen-bond acceptors (Lipinski definition) is 5. The first-order chi connectivity index (χ1) is 8.70. The quantitative estimate of drug-likeness (QED) is 0.764. The predicted octanol–water partition coefficient (Wildman–Crippen LogP) is 1.78. The molecule has 0 saturated heterocycles. The van der Waals surface area contributed by atoms with Crippen LogP contribution in [0.4, 0.5) is 10.3 Å². The molecule has 0 fully saturated rings. The van der Waals surface area contributed by atoms with E-state index in [4.69, 9.17) is 4.52 Å². The summed E-state index contributed by atoms with van der Waals surface area (Å²) in [6, 6.07) is 4.73. The normalized spacial score (nSPS) is 11.0. The van der Waals surface area contributed by atoms with E-state index in [9.17, 15) is 4.39 Å². The lowest BCUT2D eigenvalue weighted by atomic mass is 10.4. The van der Waals surface area contributed by atoms with Gasteiger partial charge in [0.05, 0.1) is 12.7 Å². The molecule has 0 aromatic carbocycles. The van der Waals surface area contributed by atoms with Crippen molar-refractivity contribution in [3.05, 3.63) is 41.7 Å². The van der Waals surface area contributed by atoms with Gasteiger partial charge in [-0.3, -0.25) is 0 Å². The first kappa shape index (κ1) is 10.7. The number of rotatable bonds is 3. The highest BCUT2D eigenvalue weighted by atomic mass is 19.1. The molecule has 3 rings (SSSR count). The van der Waals surface area contributed by atoms with Crippen molar-refractivity contribution in [3.8, 4) is 0 Å². The summed E-state index contributed by atoms with van der Waals surface area (Å²) in [5, 5.41) is 10.9. The maximum atomic E-state index is 13.0. The molecule has 0 aliphatic heterocycles. The molecule has 0 aliphatic carbocycles. The van der Waals surface area contributed by atoms with Crippen LogP contribution in [0.3, 0.4) is 0 Å². The Morgan fingerprint density at radius 2 is 2.33 bits per heavy atom. The van der Waals surface area contributed by atoms with Crippen LogP contribution in [-0.2, 0) is 6.54 Å². The summed E-state index contributed by atoms with van der Waals surface area (Å²) in [7, 11) is 0. The molecular weight excluding hydrogens is 237 g/mol. The molecular formula is C11H10FN5O. The number of hydrogen-bond donors (Lipinski definition) is 1. The standard InChI is InChI=1S/C11H10FN5O/c1-7-4-9(16-18-7)5-13-11-14-10-3-2-8(12)6-17(10)15-11/h2-4,6H,5H2,1H3,(H,13,15). The van der Waals surface area contributed by atoms with Gasteiger partial charge in [0.15, 0.2) is 5.65 Å². The third kappa shape index (κ3) is 2.02. The molecule has 0 unspecified atom stereocenters. The van der Waals surface area contributed by atoms with E-state index < -0.39 is 0 Å². The minimum atomic E-state index is -0.355. The van der Waals surface area contributed by atoms with Gasteiger partial charge in [-0.1, -0.05) is 5.16 Å². The highest BCUT2D eigenvalue weighted by Crippen LogP contribution is 2.08. The number of nitrogens with one attached hydrogen (secondary N) is 1. The number of aryl methyl sites for hydroxylation is 1. The number of aromatic nitrogens is 4. The van der Waals surface area contributed by atoms with Crippen molar-refractivity contribution < 1.29 is 8.91 Å². The van der Waals surface area contributed by atoms with E-state index in [1.807, 2.05) is 13.0 Å². The molecule has 0 aliphatic rings. The van der Waals surface area contributed by atoms with Crippen LogP contribution in [-0.4, -0.2) is 19.8 Å². The number of anilines is 1. The van der Waals surface area contributed by atoms with Crippen molar-refractivity contribution >= 4 is 11.6 Å². The van der Waals surface area contributed by atoms with Gasteiger partial charge in [-0.25, -0.2) is 8.91 Å². The molecule has 6 nitrogen and oxygen atoms in total. The SMILES string of the molecule is Cc1cc(CNc2nc3ccc(F)cn3n2)no1. The third-order valence-corrected chi connectivity index (χ3v) is 2.40. The summed E-state index contributed by atoms with van der Waals surface area (Å²) in [5.74, 6) is 0.809. The zero-order chi connectivity index (χ0) is 12.5. The average molecular weight is 247 g/mol. The lowest BCUT2D eigenvalue weighted by Gasteiger charge is -1.95. The van der Waals surface area contributed by atoms with Crippen molar-refractivity contribution in [1.29, 1.82) is 0 Å². The van der Waals surface area contributed by atoms with Crippen LogP contribution in [0.25, 0.3) is 5.65 Å². The van der Waals surface area contributed by atoms with E-state index in [0.29, 0.717) is 18.1 Å². The van der Waals surface area contributed by atoms with Crippen molar-refractivity contribution in [1.82, 2.24) is 19.8 Å². The van der Waals surface area contributed by atoms with Gasteiger partial charge < -0.3 is 9.84 Å². The van der Waals surface area contributed by atoms with Crippen LogP contribution >= 0.6 is 0 Å². The number of halogens is 1. The molecule has 1 N–H and O–H groups in total. The fraction of sp³-hybridized carbons (Fsp3) is 0.182. The van der Waals surface area contributed by atoms with Crippen LogP contribution in [0.5, 0.6) is 0 Å². The molecule has 0 atom stereocenters. The first-order valence-electron chi connectivity index (χ1n) is 5.39. The first-order valence-corrected chi connectivity index (χ1v) is 5.39. The van der Waals surface area contributed by atoms with Crippen LogP contribution < -0.4 is 5.32 Å². The van der Waals surface area contributed by atoms with Crippen LogP contribution in [0, 0.1) is 12.7 Å². The monoisotopic (exact) mass is 247 g/mol. The van der Waals surface area contributed by atoms with Crippen LogP contribution in [0.1, 0.15) is 11.5 Å². The van der Waals surface area contributed by atoms with Gasteiger partial charge in [0.1, 0.15) is 17.3 Å². The Labute approximate surface area is 101 Å². The van der Waals surface area contributed by atoms with E-state index >= 15 is 0 Å². The summed E-state index contributed by atoms with van der Waals surface area (Å²) in [6.45, 7) is 2.28. The summed E-state index contributed by atoms with van der Waals surface area (Å²) < 4.78 is 19.3. The Morgan fingerprint density at radius 3 is 3.11 bits per heavy atom.